The van der Waals surface area contributed by atoms with E-state index >= 15 is 0 Å². The highest BCUT2D eigenvalue weighted by Crippen LogP contribution is 2.38. The summed E-state index contributed by atoms with van der Waals surface area (Å²) in [5.74, 6) is 0.431. The van der Waals surface area contributed by atoms with Crippen LogP contribution in [0.5, 0.6) is 5.75 Å². The van der Waals surface area contributed by atoms with Gasteiger partial charge in [0.05, 0.1) is 16.2 Å². The molecule has 0 unspecified atom stereocenters. The largest absolute Gasteiger partial charge is 0.436 e. The van der Waals surface area contributed by atoms with Crippen molar-refractivity contribution in [1.82, 2.24) is 0 Å². The van der Waals surface area contributed by atoms with Crippen molar-refractivity contribution in [2.24, 2.45) is 10.9 Å². The zero-order valence-corrected chi connectivity index (χ0v) is 16.1. The predicted octanol–water partition coefficient (Wildman–Crippen LogP) is 3.66. The number of aryl methyl sites for hydroxylation is 1. The Bertz CT molecular complexity index is 775. The summed E-state index contributed by atoms with van der Waals surface area (Å²) in [6.07, 6.45) is 1.41. The van der Waals surface area contributed by atoms with E-state index in [4.69, 9.17) is 37.7 Å². The molecule has 0 saturated carbocycles. The standard InChI is InChI=1S/C16H18Cl2NO5P/c1-9(2)11-7-15(19-8-14(11)20)24-16-12(17)5-10(6-13(16)18)3-4-25(21,22)23/h5-7,9H,3-4,8H2,1-2H3,(H2,21,22,23). The number of aliphatic imine (C=N–C) groups is 1. The Labute approximate surface area is 155 Å². The van der Waals surface area contributed by atoms with Crippen molar-refractivity contribution in [2.45, 2.75) is 20.3 Å². The van der Waals surface area contributed by atoms with Gasteiger partial charge in [-0.1, -0.05) is 37.0 Å². The second-order valence-corrected chi connectivity index (χ2v) is 8.55. The topological polar surface area (TPSA) is 96.2 Å². The molecular weight excluding hydrogens is 388 g/mol. The summed E-state index contributed by atoms with van der Waals surface area (Å²) in [4.78, 5) is 33.8. The number of halogens is 2. The minimum absolute atomic E-state index is 0.00888. The fourth-order valence-corrected chi connectivity index (χ4v) is 3.44. The number of hydrogen-bond acceptors (Lipinski definition) is 4. The average Bonchev–Trinajstić information content (AvgIpc) is 2.49. The molecule has 25 heavy (non-hydrogen) atoms. The van der Waals surface area contributed by atoms with Gasteiger partial charge >= 0.3 is 7.60 Å². The molecule has 6 nitrogen and oxygen atoms in total. The van der Waals surface area contributed by atoms with Crippen molar-refractivity contribution in [2.75, 3.05) is 12.7 Å². The summed E-state index contributed by atoms with van der Waals surface area (Å²) in [7, 11) is -4.10. The Morgan fingerprint density at radius 1 is 1.28 bits per heavy atom. The Kier molecular flexibility index (Phi) is 6.46. The third-order valence-electron chi connectivity index (χ3n) is 3.56. The Morgan fingerprint density at radius 3 is 2.40 bits per heavy atom. The van der Waals surface area contributed by atoms with Gasteiger partial charge in [0.25, 0.3) is 0 Å². The highest BCUT2D eigenvalue weighted by molar-refractivity contribution is 7.51. The Hall–Kier alpha value is -1.17. The lowest BCUT2D eigenvalue weighted by molar-refractivity contribution is -0.114. The highest BCUT2D eigenvalue weighted by atomic mass is 35.5. The Morgan fingerprint density at radius 2 is 1.88 bits per heavy atom. The monoisotopic (exact) mass is 405 g/mol. The summed E-state index contributed by atoms with van der Waals surface area (Å²) in [6.45, 7) is 3.82. The van der Waals surface area contributed by atoms with Crippen molar-refractivity contribution in [3.63, 3.8) is 0 Å². The molecule has 1 heterocycles. The SMILES string of the molecule is CC(C)C1=CC(Oc2c(Cl)cc(CCP(=O)(O)O)cc2Cl)=NCC1=O. The van der Waals surface area contributed by atoms with Gasteiger partial charge in [-0.3, -0.25) is 9.36 Å². The lowest BCUT2D eigenvalue weighted by Crippen LogP contribution is -2.22. The van der Waals surface area contributed by atoms with Crippen LogP contribution in [0.25, 0.3) is 0 Å². The summed E-state index contributed by atoms with van der Waals surface area (Å²) < 4.78 is 16.6. The van der Waals surface area contributed by atoms with Crippen molar-refractivity contribution < 1.29 is 23.9 Å². The minimum atomic E-state index is -4.10. The molecular formula is C16H18Cl2NO5P. The van der Waals surface area contributed by atoms with Crippen LogP contribution in [0.15, 0.2) is 28.8 Å². The molecule has 136 valence electrons. The molecule has 0 bridgehead atoms. The number of ether oxygens (including phenoxy) is 1. The molecule has 0 aromatic heterocycles. The zero-order chi connectivity index (χ0) is 18.8. The number of dihydropyridines is 1. The van der Waals surface area contributed by atoms with E-state index < -0.39 is 7.60 Å². The second-order valence-electron chi connectivity index (χ2n) is 5.96. The third-order valence-corrected chi connectivity index (χ3v) is 4.93. The van der Waals surface area contributed by atoms with Crippen LogP contribution in [0, 0.1) is 5.92 Å². The van der Waals surface area contributed by atoms with Gasteiger partial charge in [-0.05, 0) is 30.0 Å². The van der Waals surface area contributed by atoms with E-state index in [1.54, 1.807) is 18.2 Å². The van der Waals surface area contributed by atoms with Gasteiger partial charge < -0.3 is 14.5 Å². The van der Waals surface area contributed by atoms with Crippen LogP contribution in [0.1, 0.15) is 19.4 Å². The van der Waals surface area contributed by atoms with Crippen molar-refractivity contribution in [3.05, 3.63) is 39.4 Å². The molecule has 0 spiro atoms. The first-order chi connectivity index (χ1) is 11.6. The van der Waals surface area contributed by atoms with Gasteiger partial charge in [-0.15, -0.1) is 0 Å². The first kappa shape index (κ1) is 20.1. The van der Waals surface area contributed by atoms with Gasteiger partial charge in [-0.2, -0.15) is 0 Å². The van der Waals surface area contributed by atoms with Crippen LogP contribution in [-0.4, -0.2) is 34.2 Å². The molecule has 0 amide bonds. The molecule has 0 aliphatic carbocycles. The van der Waals surface area contributed by atoms with Crippen molar-refractivity contribution in [1.29, 1.82) is 0 Å². The number of carbonyl (C=O) groups is 1. The fraction of sp³-hybridized carbons (Fsp3) is 0.375. The summed E-state index contributed by atoms with van der Waals surface area (Å²) in [6, 6.07) is 3.08. The maximum atomic E-state index is 11.8. The third kappa shape index (κ3) is 5.66. The minimum Gasteiger partial charge on any atom is -0.436 e. The molecule has 2 rings (SSSR count). The molecule has 0 fully saturated rings. The van der Waals surface area contributed by atoms with Gasteiger partial charge in [0, 0.05) is 11.6 Å². The van der Waals surface area contributed by atoms with Gasteiger partial charge in [0.1, 0.15) is 6.54 Å². The fourth-order valence-electron chi connectivity index (χ4n) is 2.28. The zero-order valence-electron chi connectivity index (χ0n) is 13.7. The van der Waals surface area contributed by atoms with Crippen LogP contribution < -0.4 is 4.74 Å². The van der Waals surface area contributed by atoms with Crippen LogP contribution in [0.3, 0.4) is 0 Å². The van der Waals surface area contributed by atoms with Crippen LogP contribution in [0.2, 0.25) is 10.0 Å². The Balaban J connectivity index is 2.21. The normalized spacial score (nSPS) is 15.2. The van der Waals surface area contributed by atoms with E-state index in [9.17, 15) is 9.36 Å². The van der Waals surface area contributed by atoms with Crippen molar-refractivity contribution in [3.8, 4) is 5.75 Å². The average molecular weight is 406 g/mol. The van der Waals surface area contributed by atoms with Crippen LogP contribution in [-0.2, 0) is 15.8 Å². The van der Waals surface area contributed by atoms with E-state index in [1.807, 2.05) is 13.8 Å². The number of carbonyl (C=O) groups excluding carboxylic acids is 1. The van der Waals surface area contributed by atoms with E-state index in [0.29, 0.717) is 11.1 Å². The molecule has 0 atom stereocenters. The molecule has 0 saturated heterocycles. The van der Waals surface area contributed by atoms with Gasteiger partial charge in [0.2, 0.25) is 5.90 Å². The predicted molar refractivity (Wildman–Crippen MR) is 97.9 cm³/mol. The number of nitrogens with zero attached hydrogens (tertiary/aromatic N) is 1. The molecule has 1 aliphatic rings. The van der Waals surface area contributed by atoms with E-state index in [-0.39, 0.29) is 52.5 Å². The van der Waals surface area contributed by atoms with Crippen LogP contribution in [0.4, 0.5) is 0 Å². The molecule has 2 N–H and O–H groups in total. The molecule has 1 aliphatic heterocycles. The van der Waals surface area contributed by atoms with E-state index in [2.05, 4.69) is 4.99 Å². The summed E-state index contributed by atoms with van der Waals surface area (Å²) in [5, 5.41) is 0.402. The van der Waals surface area contributed by atoms with E-state index in [0.717, 1.165) is 0 Å². The molecule has 1 aromatic rings. The lowest BCUT2D eigenvalue weighted by atomic mass is 9.97. The maximum Gasteiger partial charge on any atom is 0.325 e. The first-order valence-electron chi connectivity index (χ1n) is 7.56. The maximum absolute atomic E-state index is 11.8. The number of ketones is 1. The smallest absolute Gasteiger partial charge is 0.325 e. The number of rotatable bonds is 5. The van der Waals surface area contributed by atoms with E-state index in [1.165, 1.54) is 0 Å². The number of hydrogen-bond donors (Lipinski definition) is 2. The second kappa shape index (κ2) is 8.02. The molecule has 0 radical (unpaired) electrons. The van der Waals surface area contributed by atoms with Gasteiger partial charge in [0.15, 0.2) is 11.5 Å². The number of Topliss-reactive ketones (excluding diaryl/α,β-unsaturated/α-hetero) is 1. The first-order valence-corrected chi connectivity index (χ1v) is 10.1. The molecule has 1 aromatic carbocycles. The summed E-state index contributed by atoms with van der Waals surface area (Å²) in [5.41, 5.74) is 1.21. The molecule has 9 heteroatoms. The van der Waals surface area contributed by atoms with Crippen molar-refractivity contribution >= 4 is 42.5 Å². The van der Waals surface area contributed by atoms with Gasteiger partial charge in [-0.25, -0.2) is 4.99 Å². The lowest BCUT2D eigenvalue weighted by Gasteiger charge is -2.17. The quantitative estimate of drug-likeness (QED) is 0.728. The number of benzene rings is 1. The highest BCUT2D eigenvalue weighted by Gasteiger charge is 2.21. The summed E-state index contributed by atoms with van der Waals surface area (Å²) >= 11 is 12.4. The van der Waals surface area contributed by atoms with Crippen LogP contribution >= 0.6 is 30.8 Å².